The summed E-state index contributed by atoms with van der Waals surface area (Å²) in [5, 5.41) is 6.96. The van der Waals surface area contributed by atoms with Crippen molar-refractivity contribution in [2.45, 2.75) is 18.9 Å². The first-order valence-electron chi connectivity index (χ1n) is 5.78. The summed E-state index contributed by atoms with van der Waals surface area (Å²) < 4.78 is 4.93. The fourth-order valence-corrected chi connectivity index (χ4v) is 2.80. The van der Waals surface area contributed by atoms with Gasteiger partial charge in [-0.3, -0.25) is 4.79 Å². The number of rotatable bonds is 1. The number of hydrogen-bond acceptors (Lipinski definition) is 4. The molecule has 0 aromatic carbocycles. The van der Waals surface area contributed by atoms with Gasteiger partial charge in [-0.2, -0.15) is 0 Å². The fourth-order valence-electron chi connectivity index (χ4n) is 2.80. The highest BCUT2D eigenvalue weighted by molar-refractivity contribution is 5.91. The second-order valence-corrected chi connectivity index (χ2v) is 4.48. The molecule has 2 fully saturated rings. The number of carbonyl (C=O) groups is 1. The number of nitrogens with zero attached hydrogens (tertiary/aromatic N) is 2. The van der Waals surface area contributed by atoms with Crippen molar-refractivity contribution < 1.29 is 9.32 Å². The van der Waals surface area contributed by atoms with Crippen LogP contribution in [0.2, 0.25) is 0 Å². The molecule has 86 valence electrons. The van der Waals surface area contributed by atoms with Crippen molar-refractivity contribution in [1.82, 2.24) is 15.4 Å². The standard InChI is InChI=1S/C11H15N3O2/c15-11(10-2-5-13-16-10)14-6-3-8-7-12-4-1-9(8)14/h2,5,8-9,12H,1,3-4,6-7H2. The van der Waals surface area contributed by atoms with E-state index in [1.54, 1.807) is 6.07 Å². The van der Waals surface area contributed by atoms with E-state index < -0.39 is 0 Å². The van der Waals surface area contributed by atoms with Gasteiger partial charge < -0.3 is 14.7 Å². The van der Waals surface area contributed by atoms with Crippen LogP contribution in [0, 0.1) is 5.92 Å². The second-order valence-electron chi connectivity index (χ2n) is 4.48. The van der Waals surface area contributed by atoms with Gasteiger partial charge in [-0.1, -0.05) is 5.16 Å². The molecule has 2 unspecified atom stereocenters. The highest BCUT2D eigenvalue weighted by Gasteiger charge is 2.39. The van der Waals surface area contributed by atoms with E-state index in [1.807, 2.05) is 4.90 Å². The maximum absolute atomic E-state index is 12.1. The van der Waals surface area contributed by atoms with E-state index in [4.69, 9.17) is 4.52 Å². The monoisotopic (exact) mass is 221 g/mol. The van der Waals surface area contributed by atoms with Crippen LogP contribution in [0.5, 0.6) is 0 Å². The van der Waals surface area contributed by atoms with Gasteiger partial charge in [0, 0.05) is 18.7 Å². The van der Waals surface area contributed by atoms with Gasteiger partial charge >= 0.3 is 0 Å². The lowest BCUT2D eigenvalue weighted by Crippen LogP contribution is -2.45. The molecule has 2 atom stereocenters. The minimum atomic E-state index is -0.00750. The van der Waals surface area contributed by atoms with Crippen LogP contribution in [-0.4, -0.2) is 41.6 Å². The zero-order chi connectivity index (χ0) is 11.0. The lowest BCUT2D eigenvalue weighted by molar-refractivity contribution is 0.0655. The highest BCUT2D eigenvalue weighted by Crippen LogP contribution is 2.29. The molecule has 1 N–H and O–H groups in total. The van der Waals surface area contributed by atoms with Gasteiger partial charge in [-0.15, -0.1) is 0 Å². The number of nitrogens with one attached hydrogen (secondary N) is 1. The molecule has 0 spiro atoms. The summed E-state index contributed by atoms with van der Waals surface area (Å²) in [5.41, 5.74) is 0. The normalized spacial score (nSPS) is 29.1. The lowest BCUT2D eigenvalue weighted by Gasteiger charge is -2.31. The molecule has 0 saturated carbocycles. The number of likely N-dealkylation sites (tertiary alicyclic amines) is 1. The molecule has 1 aromatic heterocycles. The minimum Gasteiger partial charge on any atom is -0.351 e. The third-order valence-corrected chi connectivity index (χ3v) is 3.62. The van der Waals surface area contributed by atoms with E-state index in [9.17, 15) is 4.79 Å². The molecule has 0 aliphatic carbocycles. The molecule has 0 radical (unpaired) electrons. The number of piperidine rings is 1. The largest absolute Gasteiger partial charge is 0.351 e. The zero-order valence-electron chi connectivity index (χ0n) is 9.06. The van der Waals surface area contributed by atoms with Crippen LogP contribution in [-0.2, 0) is 0 Å². The number of carbonyl (C=O) groups excluding carboxylic acids is 1. The van der Waals surface area contributed by atoms with E-state index >= 15 is 0 Å². The van der Waals surface area contributed by atoms with Crippen LogP contribution in [0.4, 0.5) is 0 Å². The van der Waals surface area contributed by atoms with Crippen molar-refractivity contribution in [3.8, 4) is 0 Å². The van der Waals surface area contributed by atoms with Gasteiger partial charge in [-0.25, -0.2) is 0 Å². The molecule has 1 aromatic rings. The fraction of sp³-hybridized carbons (Fsp3) is 0.636. The third kappa shape index (κ3) is 1.51. The Labute approximate surface area is 93.8 Å². The van der Waals surface area contributed by atoms with Crippen molar-refractivity contribution in [3.05, 3.63) is 18.0 Å². The molecule has 3 rings (SSSR count). The summed E-state index contributed by atoms with van der Waals surface area (Å²) in [6.07, 6.45) is 3.66. The molecular weight excluding hydrogens is 206 g/mol. The van der Waals surface area contributed by atoms with Crippen LogP contribution in [0.25, 0.3) is 0 Å². The predicted octanol–water partition coefficient (Wildman–Crippen LogP) is 0.499. The summed E-state index contributed by atoms with van der Waals surface area (Å²) in [5.74, 6) is 0.965. The quantitative estimate of drug-likeness (QED) is 0.750. The molecule has 16 heavy (non-hydrogen) atoms. The van der Waals surface area contributed by atoms with Crippen molar-refractivity contribution >= 4 is 5.91 Å². The Morgan fingerprint density at radius 3 is 3.31 bits per heavy atom. The molecule has 5 nitrogen and oxygen atoms in total. The van der Waals surface area contributed by atoms with Crippen molar-refractivity contribution in [1.29, 1.82) is 0 Å². The van der Waals surface area contributed by atoms with Gasteiger partial charge in [0.2, 0.25) is 5.76 Å². The SMILES string of the molecule is O=C(c1ccno1)N1CCC2CNCCC21. The van der Waals surface area contributed by atoms with E-state index in [0.717, 1.165) is 32.5 Å². The average Bonchev–Trinajstić information content (AvgIpc) is 2.98. The topological polar surface area (TPSA) is 58.4 Å². The van der Waals surface area contributed by atoms with Crippen LogP contribution in [0.1, 0.15) is 23.4 Å². The molecule has 5 heteroatoms. The molecule has 0 bridgehead atoms. The van der Waals surface area contributed by atoms with E-state index in [-0.39, 0.29) is 5.91 Å². The zero-order valence-corrected chi connectivity index (χ0v) is 9.06. The first-order valence-corrected chi connectivity index (χ1v) is 5.78. The Morgan fingerprint density at radius 1 is 1.56 bits per heavy atom. The number of aromatic nitrogens is 1. The molecule has 2 aliphatic heterocycles. The molecular formula is C11H15N3O2. The number of amides is 1. The molecule has 1 amide bonds. The summed E-state index contributed by atoms with van der Waals surface area (Å²) in [6, 6.07) is 2.02. The Kier molecular flexibility index (Phi) is 2.40. The van der Waals surface area contributed by atoms with Crippen molar-refractivity contribution in [2.24, 2.45) is 5.92 Å². The Hall–Kier alpha value is -1.36. The van der Waals surface area contributed by atoms with Crippen LogP contribution in [0.15, 0.2) is 16.8 Å². The molecule has 2 saturated heterocycles. The van der Waals surface area contributed by atoms with E-state index in [0.29, 0.717) is 17.7 Å². The van der Waals surface area contributed by atoms with Gasteiger partial charge in [0.1, 0.15) is 0 Å². The molecule has 3 heterocycles. The van der Waals surface area contributed by atoms with Gasteiger partial charge in [0.05, 0.1) is 6.20 Å². The first kappa shape index (κ1) is 9.84. The summed E-state index contributed by atoms with van der Waals surface area (Å²) in [7, 11) is 0. The first-order chi connectivity index (χ1) is 7.86. The number of hydrogen-bond donors (Lipinski definition) is 1. The molecule has 2 aliphatic rings. The Balaban J connectivity index is 1.78. The predicted molar refractivity (Wildman–Crippen MR) is 56.9 cm³/mol. The maximum Gasteiger partial charge on any atom is 0.292 e. The van der Waals surface area contributed by atoms with Crippen molar-refractivity contribution in [2.75, 3.05) is 19.6 Å². The van der Waals surface area contributed by atoms with Gasteiger partial charge in [0.25, 0.3) is 5.91 Å². The van der Waals surface area contributed by atoms with Crippen LogP contribution >= 0.6 is 0 Å². The van der Waals surface area contributed by atoms with Crippen LogP contribution in [0.3, 0.4) is 0 Å². The van der Waals surface area contributed by atoms with E-state index in [1.165, 1.54) is 6.20 Å². The third-order valence-electron chi connectivity index (χ3n) is 3.62. The van der Waals surface area contributed by atoms with Crippen molar-refractivity contribution in [3.63, 3.8) is 0 Å². The van der Waals surface area contributed by atoms with Gasteiger partial charge in [0.15, 0.2) is 0 Å². The summed E-state index contributed by atoms with van der Waals surface area (Å²) in [6.45, 7) is 2.88. The summed E-state index contributed by atoms with van der Waals surface area (Å²) >= 11 is 0. The summed E-state index contributed by atoms with van der Waals surface area (Å²) in [4.78, 5) is 14.1. The number of fused-ring (bicyclic) bond motifs is 1. The maximum atomic E-state index is 12.1. The van der Waals surface area contributed by atoms with Crippen LogP contribution < -0.4 is 5.32 Å². The minimum absolute atomic E-state index is 0.00750. The smallest absolute Gasteiger partial charge is 0.292 e. The average molecular weight is 221 g/mol. The van der Waals surface area contributed by atoms with E-state index in [2.05, 4.69) is 10.5 Å². The Bertz CT molecular complexity index is 377. The second kappa shape index (κ2) is 3.90. The highest BCUT2D eigenvalue weighted by atomic mass is 16.5. The lowest BCUT2D eigenvalue weighted by atomic mass is 9.94. The Morgan fingerprint density at radius 2 is 2.50 bits per heavy atom. The van der Waals surface area contributed by atoms with Gasteiger partial charge in [-0.05, 0) is 31.8 Å².